The van der Waals surface area contributed by atoms with Gasteiger partial charge in [0.15, 0.2) is 5.60 Å². The van der Waals surface area contributed by atoms with Gasteiger partial charge >= 0.3 is 6.18 Å². The van der Waals surface area contributed by atoms with Gasteiger partial charge in [0.2, 0.25) is 5.91 Å². The molecule has 0 bridgehead atoms. The molecule has 0 radical (unpaired) electrons. The molecule has 0 saturated carbocycles. The van der Waals surface area contributed by atoms with Crippen molar-refractivity contribution in [2.75, 3.05) is 19.6 Å². The van der Waals surface area contributed by atoms with Gasteiger partial charge < -0.3 is 15.7 Å². The van der Waals surface area contributed by atoms with E-state index in [0.717, 1.165) is 4.90 Å². The maximum Gasteiger partial charge on any atom is 0.419 e. The fourth-order valence-electron chi connectivity index (χ4n) is 1.37. The highest BCUT2D eigenvalue weighted by Gasteiger charge is 2.57. The fraction of sp³-hybridized carbons (Fsp3) is 0.857. The van der Waals surface area contributed by atoms with Crippen molar-refractivity contribution in [3.05, 3.63) is 0 Å². The molecule has 1 saturated heterocycles. The number of hydrogen-bond donors (Lipinski definition) is 2. The number of likely N-dealkylation sites (tertiary alicyclic amines) is 1. The van der Waals surface area contributed by atoms with E-state index in [2.05, 4.69) is 0 Å². The number of β-amino-alcohol motifs (C(OH)–C–C–N with tert-alkyl or cyclic N) is 1. The summed E-state index contributed by atoms with van der Waals surface area (Å²) in [5.74, 6) is -0.579. The van der Waals surface area contributed by atoms with E-state index < -0.39 is 30.7 Å². The van der Waals surface area contributed by atoms with Crippen LogP contribution < -0.4 is 5.73 Å². The highest BCUT2D eigenvalue weighted by atomic mass is 19.4. The molecule has 14 heavy (non-hydrogen) atoms. The smallest absolute Gasteiger partial charge is 0.379 e. The number of nitrogens with two attached hydrogens (primary N) is 1. The van der Waals surface area contributed by atoms with Gasteiger partial charge in [-0.05, 0) is 0 Å². The monoisotopic (exact) mass is 212 g/mol. The van der Waals surface area contributed by atoms with Gasteiger partial charge in [0.25, 0.3) is 0 Å². The van der Waals surface area contributed by atoms with Gasteiger partial charge in [-0.25, -0.2) is 0 Å². The Labute approximate surface area is 78.5 Å². The Hall–Kier alpha value is -0.820. The number of amides is 1. The zero-order chi connectivity index (χ0) is 11.0. The predicted octanol–water partition coefficient (Wildman–Crippen LogP) is -0.529. The van der Waals surface area contributed by atoms with Gasteiger partial charge in [-0.15, -0.1) is 0 Å². The number of halogens is 3. The van der Waals surface area contributed by atoms with Crippen LogP contribution >= 0.6 is 0 Å². The third-order valence-electron chi connectivity index (χ3n) is 2.30. The summed E-state index contributed by atoms with van der Waals surface area (Å²) in [6, 6.07) is 0. The molecular formula is C7H11F3N2O2. The van der Waals surface area contributed by atoms with Crippen molar-refractivity contribution in [3.8, 4) is 0 Å². The molecule has 1 aliphatic rings. The second-order valence-corrected chi connectivity index (χ2v) is 3.30. The number of alkyl halides is 3. The predicted molar refractivity (Wildman–Crippen MR) is 41.3 cm³/mol. The van der Waals surface area contributed by atoms with E-state index in [0.29, 0.717) is 0 Å². The van der Waals surface area contributed by atoms with Crippen LogP contribution in [0.4, 0.5) is 13.2 Å². The van der Waals surface area contributed by atoms with E-state index in [1.807, 2.05) is 0 Å². The minimum atomic E-state index is -4.70. The highest BCUT2D eigenvalue weighted by Crippen LogP contribution is 2.37. The van der Waals surface area contributed by atoms with Crippen LogP contribution in [0.1, 0.15) is 6.42 Å². The molecule has 0 aromatic carbocycles. The Kier molecular flexibility index (Phi) is 2.73. The SMILES string of the molecule is NCC(=O)N1CC[C@@](O)(C(F)(F)F)C1. The van der Waals surface area contributed by atoms with Crippen LogP contribution in [0.25, 0.3) is 0 Å². The van der Waals surface area contributed by atoms with E-state index >= 15 is 0 Å². The molecule has 1 fully saturated rings. The second kappa shape index (κ2) is 3.39. The van der Waals surface area contributed by atoms with Crippen molar-refractivity contribution in [1.29, 1.82) is 0 Å². The van der Waals surface area contributed by atoms with Crippen LogP contribution in [-0.2, 0) is 4.79 Å². The summed E-state index contributed by atoms with van der Waals surface area (Å²) >= 11 is 0. The van der Waals surface area contributed by atoms with E-state index in [1.165, 1.54) is 0 Å². The maximum atomic E-state index is 12.3. The van der Waals surface area contributed by atoms with Gasteiger partial charge in [-0.1, -0.05) is 0 Å². The minimum Gasteiger partial charge on any atom is -0.379 e. The minimum absolute atomic E-state index is 0.105. The lowest BCUT2D eigenvalue weighted by molar-refractivity contribution is -0.253. The van der Waals surface area contributed by atoms with Gasteiger partial charge in [-0.2, -0.15) is 13.2 Å². The molecule has 0 spiro atoms. The third kappa shape index (κ3) is 1.83. The van der Waals surface area contributed by atoms with Crippen molar-refractivity contribution >= 4 is 5.91 Å². The molecule has 0 unspecified atom stereocenters. The second-order valence-electron chi connectivity index (χ2n) is 3.30. The lowest BCUT2D eigenvalue weighted by Gasteiger charge is -2.25. The first-order valence-corrected chi connectivity index (χ1v) is 4.07. The van der Waals surface area contributed by atoms with Crippen molar-refractivity contribution in [1.82, 2.24) is 4.90 Å². The molecule has 1 heterocycles. The molecule has 1 rings (SSSR count). The topological polar surface area (TPSA) is 66.6 Å². The first-order chi connectivity index (χ1) is 6.30. The molecule has 3 N–H and O–H groups in total. The molecule has 4 nitrogen and oxygen atoms in total. The standard InChI is InChI=1S/C7H11F3N2O2/c8-7(9,10)6(14)1-2-12(4-6)5(13)3-11/h14H,1-4,11H2/t6-/m0/s1. The summed E-state index contributed by atoms with van der Waals surface area (Å²) in [5.41, 5.74) is 2.23. The van der Waals surface area contributed by atoms with E-state index in [4.69, 9.17) is 5.73 Å². The van der Waals surface area contributed by atoms with Crippen LogP contribution in [0.2, 0.25) is 0 Å². The molecule has 1 atom stereocenters. The van der Waals surface area contributed by atoms with Crippen LogP contribution in [0.15, 0.2) is 0 Å². The van der Waals surface area contributed by atoms with E-state index in [-0.39, 0.29) is 13.1 Å². The molecule has 0 aromatic heterocycles. The van der Waals surface area contributed by atoms with Crippen LogP contribution in [0.3, 0.4) is 0 Å². The summed E-state index contributed by atoms with van der Waals surface area (Å²) in [7, 11) is 0. The van der Waals surface area contributed by atoms with E-state index in [9.17, 15) is 23.1 Å². The molecule has 0 aromatic rings. The zero-order valence-electron chi connectivity index (χ0n) is 7.34. The van der Waals surface area contributed by atoms with Crippen molar-refractivity contribution in [3.63, 3.8) is 0 Å². The molecule has 0 aliphatic carbocycles. The largest absolute Gasteiger partial charge is 0.419 e. The van der Waals surface area contributed by atoms with Crippen LogP contribution in [-0.4, -0.2) is 47.3 Å². The summed E-state index contributed by atoms with van der Waals surface area (Å²) in [6.07, 6.45) is -5.18. The number of carbonyl (C=O) groups is 1. The first kappa shape index (κ1) is 11.3. The first-order valence-electron chi connectivity index (χ1n) is 4.07. The number of rotatable bonds is 1. The number of carbonyl (C=O) groups excluding carboxylic acids is 1. The van der Waals surface area contributed by atoms with Gasteiger partial charge in [-0.3, -0.25) is 4.79 Å². The van der Waals surface area contributed by atoms with Crippen molar-refractivity contribution < 1.29 is 23.1 Å². The average molecular weight is 212 g/mol. The van der Waals surface area contributed by atoms with Crippen molar-refractivity contribution in [2.24, 2.45) is 5.73 Å². The van der Waals surface area contributed by atoms with E-state index in [1.54, 1.807) is 0 Å². The Morgan fingerprint density at radius 1 is 1.57 bits per heavy atom. The highest BCUT2D eigenvalue weighted by molar-refractivity contribution is 5.78. The van der Waals surface area contributed by atoms with Gasteiger partial charge in [0.1, 0.15) is 0 Å². The number of nitrogens with zero attached hydrogens (tertiary/aromatic N) is 1. The normalized spacial score (nSPS) is 28.2. The van der Waals surface area contributed by atoms with Crippen LogP contribution in [0.5, 0.6) is 0 Å². The molecular weight excluding hydrogens is 201 g/mol. The Morgan fingerprint density at radius 2 is 2.14 bits per heavy atom. The molecule has 1 amide bonds. The molecule has 1 aliphatic heterocycles. The van der Waals surface area contributed by atoms with Gasteiger partial charge in [0, 0.05) is 13.0 Å². The Morgan fingerprint density at radius 3 is 2.50 bits per heavy atom. The zero-order valence-corrected chi connectivity index (χ0v) is 7.34. The number of hydrogen-bond acceptors (Lipinski definition) is 3. The number of aliphatic hydroxyl groups is 1. The Balaban J connectivity index is 2.69. The molecule has 7 heteroatoms. The molecule has 82 valence electrons. The lowest BCUT2D eigenvalue weighted by atomic mass is 10.0. The maximum absolute atomic E-state index is 12.3. The summed E-state index contributed by atoms with van der Waals surface area (Å²) < 4.78 is 36.8. The van der Waals surface area contributed by atoms with Crippen LogP contribution in [0, 0.1) is 0 Å². The lowest BCUT2D eigenvalue weighted by Crippen LogP contribution is -2.48. The summed E-state index contributed by atoms with van der Waals surface area (Å²) in [4.78, 5) is 11.9. The average Bonchev–Trinajstić information content (AvgIpc) is 2.47. The summed E-state index contributed by atoms with van der Waals surface area (Å²) in [5, 5.41) is 9.18. The quantitative estimate of drug-likeness (QED) is 0.614. The Bertz CT molecular complexity index is 244. The summed E-state index contributed by atoms with van der Waals surface area (Å²) in [6.45, 7) is -1.16. The third-order valence-corrected chi connectivity index (χ3v) is 2.30. The fourth-order valence-corrected chi connectivity index (χ4v) is 1.37. The van der Waals surface area contributed by atoms with Crippen molar-refractivity contribution in [2.45, 2.75) is 18.2 Å². The van der Waals surface area contributed by atoms with Gasteiger partial charge in [0.05, 0.1) is 13.1 Å².